The first kappa shape index (κ1) is 13.2. The summed E-state index contributed by atoms with van der Waals surface area (Å²) in [6.45, 7) is 3.59. The fraction of sp³-hybridized carbons (Fsp3) is 0.538. The number of phenols is 1. The van der Waals surface area contributed by atoms with Crippen molar-refractivity contribution in [1.29, 1.82) is 0 Å². The van der Waals surface area contributed by atoms with E-state index < -0.39 is 6.43 Å². The van der Waals surface area contributed by atoms with Crippen molar-refractivity contribution in [2.75, 3.05) is 32.7 Å². The highest BCUT2D eigenvalue weighted by Gasteiger charge is 2.19. The molecule has 0 aliphatic carbocycles. The monoisotopic (exact) mass is 256 g/mol. The highest BCUT2D eigenvalue weighted by molar-refractivity contribution is 5.27. The average molecular weight is 256 g/mol. The van der Waals surface area contributed by atoms with E-state index in [-0.39, 0.29) is 12.3 Å². The number of aromatic hydroxyl groups is 1. The summed E-state index contributed by atoms with van der Waals surface area (Å²) >= 11 is 0. The van der Waals surface area contributed by atoms with E-state index in [9.17, 15) is 13.9 Å². The Morgan fingerprint density at radius 2 is 1.78 bits per heavy atom. The van der Waals surface area contributed by atoms with Crippen LogP contribution in [0.3, 0.4) is 0 Å². The second-order valence-electron chi connectivity index (χ2n) is 4.64. The number of hydrogen-bond acceptors (Lipinski definition) is 3. The topological polar surface area (TPSA) is 26.7 Å². The van der Waals surface area contributed by atoms with Gasteiger partial charge in [-0.05, 0) is 17.7 Å². The van der Waals surface area contributed by atoms with Gasteiger partial charge in [0.1, 0.15) is 5.75 Å². The zero-order valence-corrected chi connectivity index (χ0v) is 10.2. The van der Waals surface area contributed by atoms with Gasteiger partial charge in [0, 0.05) is 32.7 Å². The maximum absolute atomic E-state index is 12.2. The Bertz CT molecular complexity index is 379. The fourth-order valence-electron chi connectivity index (χ4n) is 2.24. The van der Waals surface area contributed by atoms with Crippen molar-refractivity contribution in [1.82, 2.24) is 9.80 Å². The molecule has 1 saturated heterocycles. The average Bonchev–Trinajstić information content (AvgIpc) is 2.31. The Morgan fingerprint density at radius 1 is 1.11 bits per heavy atom. The molecule has 1 N–H and O–H groups in total. The maximum Gasteiger partial charge on any atom is 0.251 e. The predicted molar refractivity (Wildman–Crippen MR) is 65.8 cm³/mol. The molecular formula is C13H18F2N2O. The summed E-state index contributed by atoms with van der Waals surface area (Å²) in [6, 6.07) is 7.17. The van der Waals surface area contributed by atoms with Gasteiger partial charge in [0.15, 0.2) is 0 Å². The molecule has 1 aromatic carbocycles. The van der Waals surface area contributed by atoms with E-state index in [2.05, 4.69) is 4.90 Å². The standard InChI is InChI=1S/C13H18F2N2O/c14-13(15)10-17-6-4-16(5-7-17)9-11-2-1-3-12(18)8-11/h1-3,8,13,18H,4-7,9-10H2. The molecule has 0 spiro atoms. The number of piperazine rings is 1. The van der Waals surface area contributed by atoms with Crippen molar-refractivity contribution in [2.24, 2.45) is 0 Å². The van der Waals surface area contributed by atoms with Gasteiger partial charge < -0.3 is 5.11 Å². The quantitative estimate of drug-likeness (QED) is 0.889. The molecule has 0 amide bonds. The van der Waals surface area contributed by atoms with Crippen LogP contribution in [0.1, 0.15) is 5.56 Å². The van der Waals surface area contributed by atoms with Gasteiger partial charge >= 0.3 is 0 Å². The number of rotatable bonds is 4. The third-order valence-corrected chi connectivity index (χ3v) is 3.18. The van der Waals surface area contributed by atoms with Crippen LogP contribution >= 0.6 is 0 Å². The third-order valence-electron chi connectivity index (χ3n) is 3.18. The van der Waals surface area contributed by atoms with E-state index >= 15 is 0 Å². The largest absolute Gasteiger partial charge is 0.508 e. The molecule has 0 atom stereocenters. The molecule has 1 heterocycles. The lowest BCUT2D eigenvalue weighted by Gasteiger charge is -2.34. The van der Waals surface area contributed by atoms with E-state index in [1.54, 1.807) is 17.0 Å². The number of alkyl halides is 2. The summed E-state index contributed by atoms with van der Waals surface area (Å²) in [6.07, 6.45) is -2.25. The van der Waals surface area contributed by atoms with E-state index in [1.165, 1.54) is 0 Å². The third kappa shape index (κ3) is 3.92. The molecule has 1 fully saturated rings. The lowest BCUT2D eigenvalue weighted by molar-refractivity contribution is 0.0543. The summed E-state index contributed by atoms with van der Waals surface area (Å²) in [7, 11) is 0. The van der Waals surface area contributed by atoms with Crippen LogP contribution in [0.5, 0.6) is 5.75 Å². The van der Waals surface area contributed by atoms with Gasteiger partial charge in [-0.1, -0.05) is 12.1 Å². The SMILES string of the molecule is Oc1cccc(CN2CCN(CC(F)F)CC2)c1. The molecule has 0 aromatic heterocycles. The van der Waals surface area contributed by atoms with E-state index in [0.717, 1.165) is 25.2 Å². The Kier molecular flexibility index (Phi) is 4.49. The lowest BCUT2D eigenvalue weighted by atomic mass is 10.2. The van der Waals surface area contributed by atoms with Gasteiger partial charge in [0.2, 0.25) is 0 Å². The molecule has 3 nitrogen and oxygen atoms in total. The predicted octanol–water partition coefficient (Wildman–Crippen LogP) is 1.77. The number of phenolic OH excluding ortho intramolecular Hbond substituents is 1. The molecule has 0 unspecified atom stereocenters. The van der Waals surface area contributed by atoms with E-state index in [0.29, 0.717) is 13.1 Å². The first-order valence-corrected chi connectivity index (χ1v) is 6.14. The van der Waals surface area contributed by atoms with Crippen LogP contribution in [-0.2, 0) is 6.54 Å². The molecule has 0 radical (unpaired) electrons. The molecule has 1 aliphatic rings. The van der Waals surface area contributed by atoms with Crippen LogP contribution < -0.4 is 0 Å². The molecule has 0 saturated carbocycles. The molecule has 5 heteroatoms. The first-order valence-electron chi connectivity index (χ1n) is 6.14. The van der Waals surface area contributed by atoms with Gasteiger partial charge in [-0.15, -0.1) is 0 Å². The molecule has 1 aliphatic heterocycles. The van der Waals surface area contributed by atoms with Gasteiger partial charge in [-0.25, -0.2) is 8.78 Å². The van der Waals surface area contributed by atoms with Crippen LogP contribution in [-0.4, -0.2) is 54.1 Å². The summed E-state index contributed by atoms with van der Waals surface area (Å²) in [5, 5.41) is 9.37. The van der Waals surface area contributed by atoms with Crippen LogP contribution in [0.15, 0.2) is 24.3 Å². The van der Waals surface area contributed by atoms with Crippen molar-refractivity contribution in [3.05, 3.63) is 29.8 Å². The van der Waals surface area contributed by atoms with Gasteiger partial charge in [-0.2, -0.15) is 0 Å². The van der Waals surface area contributed by atoms with Crippen LogP contribution in [0, 0.1) is 0 Å². The number of halogens is 2. The first-order chi connectivity index (χ1) is 8.63. The lowest BCUT2D eigenvalue weighted by Crippen LogP contribution is -2.47. The van der Waals surface area contributed by atoms with Gasteiger partial charge in [0.25, 0.3) is 6.43 Å². The van der Waals surface area contributed by atoms with Crippen molar-refractivity contribution in [3.63, 3.8) is 0 Å². The number of hydrogen-bond donors (Lipinski definition) is 1. The summed E-state index contributed by atoms with van der Waals surface area (Å²) in [5.41, 5.74) is 1.05. The molecule has 2 rings (SSSR count). The minimum absolute atomic E-state index is 0.125. The summed E-state index contributed by atoms with van der Waals surface area (Å²) in [4.78, 5) is 4.01. The highest BCUT2D eigenvalue weighted by Crippen LogP contribution is 2.14. The second kappa shape index (κ2) is 6.11. The molecule has 18 heavy (non-hydrogen) atoms. The number of nitrogens with zero attached hydrogens (tertiary/aromatic N) is 2. The smallest absolute Gasteiger partial charge is 0.251 e. The second-order valence-corrected chi connectivity index (χ2v) is 4.64. The summed E-state index contributed by atoms with van der Waals surface area (Å²) < 4.78 is 24.4. The molecule has 0 bridgehead atoms. The van der Waals surface area contributed by atoms with Crippen molar-refractivity contribution < 1.29 is 13.9 Å². The summed E-state index contributed by atoms with van der Waals surface area (Å²) in [5.74, 6) is 0.267. The minimum atomic E-state index is -2.25. The zero-order chi connectivity index (χ0) is 13.0. The van der Waals surface area contributed by atoms with Crippen molar-refractivity contribution in [2.45, 2.75) is 13.0 Å². The molecule has 100 valence electrons. The zero-order valence-electron chi connectivity index (χ0n) is 10.2. The maximum atomic E-state index is 12.2. The van der Waals surface area contributed by atoms with Crippen LogP contribution in [0.2, 0.25) is 0 Å². The van der Waals surface area contributed by atoms with E-state index in [4.69, 9.17) is 0 Å². The van der Waals surface area contributed by atoms with Gasteiger partial charge in [-0.3, -0.25) is 9.80 Å². The highest BCUT2D eigenvalue weighted by atomic mass is 19.3. The minimum Gasteiger partial charge on any atom is -0.508 e. The Balaban J connectivity index is 1.80. The number of benzene rings is 1. The van der Waals surface area contributed by atoms with Crippen LogP contribution in [0.4, 0.5) is 8.78 Å². The van der Waals surface area contributed by atoms with Crippen molar-refractivity contribution >= 4 is 0 Å². The van der Waals surface area contributed by atoms with E-state index in [1.807, 2.05) is 12.1 Å². The fourth-order valence-corrected chi connectivity index (χ4v) is 2.24. The normalized spacial score (nSPS) is 18.4. The Labute approximate surface area is 106 Å². The molecule has 1 aromatic rings. The molecular weight excluding hydrogens is 238 g/mol. The van der Waals surface area contributed by atoms with Crippen molar-refractivity contribution in [3.8, 4) is 5.75 Å². The van der Waals surface area contributed by atoms with Crippen LogP contribution in [0.25, 0.3) is 0 Å². The Hall–Kier alpha value is -1.20. The Morgan fingerprint density at radius 3 is 2.39 bits per heavy atom. The van der Waals surface area contributed by atoms with Gasteiger partial charge in [0.05, 0.1) is 6.54 Å².